The first-order valence-corrected chi connectivity index (χ1v) is 16.4. The summed E-state index contributed by atoms with van der Waals surface area (Å²) in [5.41, 5.74) is 0.540. The Balaban J connectivity index is 1.45. The Bertz CT molecular complexity index is 1730. The van der Waals surface area contributed by atoms with E-state index in [4.69, 9.17) is 9.47 Å². The van der Waals surface area contributed by atoms with Gasteiger partial charge < -0.3 is 14.6 Å². The van der Waals surface area contributed by atoms with E-state index in [1.165, 1.54) is 4.90 Å². The number of ether oxygens (including phenoxy) is 2. The number of fused-ring (bicyclic) bond motifs is 2. The van der Waals surface area contributed by atoms with Crippen molar-refractivity contribution in [3.63, 3.8) is 0 Å². The number of likely N-dealkylation sites (tertiary alicyclic amines) is 1. The Kier molecular flexibility index (Phi) is 8.83. The molecule has 9 heteroatoms. The Labute approximate surface area is 266 Å². The fourth-order valence-electron chi connectivity index (χ4n) is 6.85. The first kappa shape index (κ1) is 30.7. The van der Waals surface area contributed by atoms with E-state index in [2.05, 4.69) is 5.32 Å². The average molecular weight is 625 g/mol. The second kappa shape index (κ2) is 12.9. The van der Waals surface area contributed by atoms with Gasteiger partial charge in [-0.2, -0.15) is 11.8 Å². The molecule has 2 amide bonds. The van der Waals surface area contributed by atoms with Gasteiger partial charge in [0.2, 0.25) is 11.8 Å². The van der Waals surface area contributed by atoms with Crippen LogP contribution in [0, 0.1) is 11.8 Å². The fraction of sp³-hybridized carbons (Fsp3) is 0.306. The van der Waals surface area contributed by atoms with Gasteiger partial charge >= 0.3 is 5.97 Å². The first-order chi connectivity index (χ1) is 21.9. The fourth-order valence-corrected chi connectivity index (χ4v) is 7.26. The van der Waals surface area contributed by atoms with Gasteiger partial charge in [-0.05, 0) is 46.4 Å². The van der Waals surface area contributed by atoms with Crippen molar-refractivity contribution in [2.45, 2.75) is 31.0 Å². The standard InChI is InChI=1S/C36H36N2O6S/c1-43-28-15-8-14-27(32(28)44-22-23-10-4-3-5-11-23)31-29-30(34(40)38(33(29)39)18-9-19-45-2)36(37-31,35(41)42)21-24-16-17-25-12-6-7-13-26(25)20-24/h3-8,10-17,20,29-31,37H,9,18-19,21-22H2,1-2H3,(H,41,42). The summed E-state index contributed by atoms with van der Waals surface area (Å²) in [6.45, 7) is 0.489. The van der Waals surface area contributed by atoms with Crippen LogP contribution in [0.25, 0.3) is 10.8 Å². The molecule has 8 nitrogen and oxygen atoms in total. The number of thioether (sulfide) groups is 1. The molecule has 4 aromatic carbocycles. The Morgan fingerprint density at radius 3 is 2.42 bits per heavy atom. The van der Waals surface area contributed by atoms with E-state index in [0.717, 1.165) is 27.7 Å². The number of nitrogens with one attached hydrogen (secondary N) is 1. The zero-order valence-corrected chi connectivity index (χ0v) is 26.1. The van der Waals surface area contributed by atoms with Crippen molar-refractivity contribution < 1.29 is 29.0 Å². The van der Waals surface area contributed by atoms with E-state index in [1.54, 1.807) is 31.0 Å². The lowest BCUT2D eigenvalue weighted by atomic mass is 9.76. The molecule has 6 rings (SSSR count). The maximum atomic E-state index is 14.2. The van der Waals surface area contributed by atoms with Crippen LogP contribution in [0.1, 0.15) is 29.2 Å². The number of methoxy groups -OCH3 is 1. The zero-order valence-electron chi connectivity index (χ0n) is 25.3. The number of carboxylic acids is 1. The number of amides is 2. The van der Waals surface area contributed by atoms with E-state index in [0.29, 0.717) is 23.5 Å². The normalized spacial score (nSPS) is 22.5. The number of para-hydroxylation sites is 1. The van der Waals surface area contributed by atoms with Crippen LogP contribution in [0.4, 0.5) is 0 Å². The van der Waals surface area contributed by atoms with Crippen LogP contribution in [-0.4, -0.2) is 59.0 Å². The molecule has 2 N–H and O–H groups in total. The molecule has 0 spiro atoms. The number of imide groups is 1. The molecule has 2 aliphatic heterocycles. The molecule has 0 radical (unpaired) electrons. The summed E-state index contributed by atoms with van der Waals surface area (Å²) in [5.74, 6) is -2.37. The van der Waals surface area contributed by atoms with Crippen molar-refractivity contribution in [1.82, 2.24) is 10.2 Å². The number of nitrogens with zero attached hydrogens (tertiary/aromatic N) is 1. The van der Waals surface area contributed by atoms with Gasteiger partial charge in [-0.25, -0.2) is 0 Å². The number of carbonyl (C=O) groups excluding carboxylic acids is 2. The Morgan fingerprint density at radius 2 is 1.69 bits per heavy atom. The number of hydrogen-bond donors (Lipinski definition) is 2. The molecule has 0 saturated carbocycles. The van der Waals surface area contributed by atoms with Crippen LogP contribution in [0.3, 0.4) is 0 Å². The largest absolute Gasteiger partial charge is 0.493 e. The van der Waals surface area contributed by atoms with Gasteiger partial charge in [0.15, 0.2) is 11.5 Å². The molecule has 4 aromatic rings. The predicted molar refractivity (Wildman–Crippen MR) is 174 cm³/mol. The number of benzene rings is 4. The second-order valence-electron chi connectivity index (χ2n) is 11.6. The third kappa shape index (κ3) is 5.66. The minimum absolute atomic E-state index is 0.0205. The van der Waals surface area contributed by atoms with Crippen molar-refractivity contribution in [2.75, 3.05) is 25.7 Å². The third-order valence-electron chi connectivity index (χ3n) is 8.94. The molecule has 4 unspecified atom stereocenters. The average Bonchev–Trinajstić information content (AvgIpc) is 3.53. The van der Waals surface area contributed by atoms with Crippen LogP contribution in [0.5, 0.6) is 11.5 Å². The molecule has 0 bridgehead atoms. The molecule has 0 aromatic heterocycles. The lowest BCUT2D eigenvalue weighted by molar-refractivity contribution is -0.151. The summed E-state index contributed by atoms with van der Waals surface area (Å²) in [6.07, 6.45) is 2.62. The first-order valence-electron chi connectivity index (χ1n) is 15.0. The van der Waals surface area contributed by atoms with E-state index in [9.17, 15) is 19.5 Å². The minimum Gasteiger partial charge on any atom is -0.493 e. The van der Waals surface area contributed by atoms with Gasteiger partial charge in [-0.15, -0.1) is 0 Å². The van der Waals surface area contributed by atoms with Crippen molar-refractivity contribution >= 4 is 40.3 Å². The summed E-state index contributed by atoms with van der Waals surface area (Å²) in [4.78, 5) is 43.0. The molecule has 232 valence electrons. The van der Waals surface area contributed by atoms with E-state index in [-0.39, 0.29) is 25.5 Å². The van der Waals surface area contributed by atoms with E-state index in [1.807, 2.05) is 85.1 Å². The maximum absolute atomic E-state index is 14.2. The van der Waals surface area contributed by atoms with Crippen molar-refractivity contribution in [3.8, 4) is 11.5 Å². The summed E-state index contributed by atoms with van der Waals surface area (Å²) >= 11 is 1.64. The topological polar surface area (TPSA) is 105 Å². The number of carbonyl (C=O) groups is 3. The number of carboxylic acid groups (broad SMARTS) is 1. The molecule has 2 fully saturated rings. The van der Waals surface area contributed by atoms with Crippen molar-refractivity contribution in [3.05, 3.63) is 108 Å². The van der Waals surface area contributed by atoms with Crippen molar-refractivity contribution in [1.29, 1.82) is 0 Å². The summed E-state index contributed by atoms with van der Waals surface area (Å²) in [5, 5.41) is 16.3. The van der Waals surface area contributed by atoms with Crippen LogP contribution >= 0.6 is 11.8 Å². The minimum atomic E-state index is -1.74. The Hall–Kier alpha value is -4.34. The van der Waals surface area contributed by atoms with Crippen LogP contribution in [0.2, 0.25) is 0 Å². The molecular formula is C36H36N2O6S. The number of hydrogen-bond acceptors (Lipinski definition) is 7. The highest BCUT2D eigenvalue weighted by Gasteiger charge is 2.68. The van der Waals surface area contributed by atoms with Crippen LogP contribution in [-0.2, 0) is 27.4 Å². The summed E-state index contributed by atoms with van der Waals surface area (Å²) in [7, 11) is 1.54. The molecule has 2 heterocycles. The van der Waals surface area contributed by atoms with Gasteiger partial charge in [0.1, 0.15) is 12.1 Å². The highest BCUT2D eigenvalue weighted by Crippen LogP contribution is 2.52. The predicted octanol–water partition coefficient (Wildman–Crippen LogP) is 5.49. The van der Waals surface area contributed by atoms with Gasteiger partial charge in [0.25, 0.3) is 0 Å². The second-order valence-corrected chi connectivity index (χ2v) is 12.6. The number of aliphatic carboxylic acids is 1. The summed E-state index contributed by atoms with van der Waals surface area (Å²) < 4.78 is 12.0. The molecule has 2 saturated heterocycles. The maximum Gasteiger partial charge on any atom is 0.325 e. The molecule has 45 heavy (non-hydrogen) atoms. The lowest BCUT2D eigenvalue weighted by Gasteiger charge is -2.32. The van der Waals surface area contributed by atoms with Gasteiger partial charge in [-0.1, -0.05) is 84.9 Å². The highest BCUT2D eigenvalue weighted by atomic mass is 32.2. The molecular weight excluding hydrogens is 588 g/mol. The SMILES string of the molecule is COc1cccc(C2NC(Cc3ccc4ccccc4c3)(C(=O)O)C3C(=O)N(CCCSC)C(=O)C23)c1OCc1ccccc1. The number of rotatable bonds is 12. The zero-order chi connectivity index (χ0) is 31.6. The van der Waals surface area contributed by atoms with Crippen molar-refractivity contribution in [2.24, 2.45) is 11.8 Å². The lowest BCUT2D eigenvalue weighted by Crippen LogP contribution is -2.57. The van der Waals surface area contributed by atoms with E-state index < -0.39 is 35.3 Å². The smallest absolute Gasteiger partial charge is 0.325 e. The highest BCUT2D eigenvalue weighted by molar-refractivity contribution is 7.98. The van der Waals surface area contributed by atoms with Gasteiger partial charge in [0.05, 0.1) is 18.9 Å². The summed E-state index contributed by atoms with van der Waals surface area (Å²) in [6, 6.07) is 27.9. The van der Waals surface area contributed by atoms with Gasteiger partial charge in [0, 0.05) is 24.6 Å². The third-order valence-corrected chi connectivity index (χ3v) is 9.64. The quantitative estimate of drug-likeness (QED) is 0.158. The van der Waals surface area contributed by atoms with Gasteiger partial charge in [-0.3, -0.25) is 24.6 Å². The van der Waals surface area contributed by atoms with E-state index >= 15 is 0 Å². The molecule has 2 aliphatic rings. The van der Waals surface area contributed by atoms with Crippen LogP contribution in [0.15, 0.2) is 91.0 Å². The molecule has 4 atom stereocenters. The Morgan fingerprint density at radius 1 is 0.933 bits per heavy atom. The van der Waals surface area contributed by atoms with Crippen LogP contribution < -0.4 is 14.8 Å². The monoisotopic (exact) mass is 624 g/mol. The molecule has 0 aliphatic carbocycles.